The molecule has 4 aromatic rings. The smallest absolute Gasteiger partial charge is 0.291 e. The fraction of sp³-hybridized carbons (Fsp3) is 0.258. The van der Waals surface area contributed by atoms with E-state index in [1.54, 1.807) is 6.07 Å². The van der Waals surface area contributed by atoms with Gasteiger partial charge < -0.3 is 39.6 Å². The molecule has 11 nitrogen and oxygen atoms in total. The number of piperazine rings is 1. The average Bonchev–Trinajstić information content (AvgIpc) is 3.47. The Morgan fingerprint density at radius 1 is 1.00 bits per heavy atom. The van der Waals surface area contributed by atoms with E-state index < -0.39 is 23.2 Å². The number of pyridine rings is 1. The standard InChI is InChI=1S/C31H32F2N6O5/c1-5-27(40)36-21-15-19(39-11-9-38(6-2)10-12-39)7-8-20(21)35-26-14-18-13-24(44-25(18)17-34-26)31(41)37-30-28(32)22(42-3)16-23(43-4)29(30)33/h5,7-8,13-17H,1,6,9-12H2,2-4H3,(H,34,35)(H,36,40)(H,37,41). The Hall–Kier alpha value is -5.17. The Kier molecular flexibility index (Phi) is 8.95. The number of furan rings is 1. The van der Waals surface area contributed by atoms with E-state index in [2.05, 4.69) is 44.2 Å². The molecule has 0 radical (unpaired) electrons. The van der Waals surface area contributed by atoms with Crippen LogP contribution in [0.5, 0.6) is 11.5 Å². The number of fused-ring (bicyclic) bond motifs is 1. The molecule has 0 bridgehead atoms. The molecular formula is C31H32F2N6O5. The summed E-state index contributed by atoms with van der Waals surface area (Å²) in [6.07, 6.45) is 2.60. The third-order valence-electron chi connectivity index (χ3n) is 7.33. The van der Waals surface area contributed by atoms with E-state index in [-0.39, 0.29) is 28.7 Å². The first kappa shape index (κ1) is 30.3. The van der Waals surface area contributed by atoms with Crippen LogP contribution in [0.4, 0.5) is 37.3 Å². The van der Waals surface area contributed by atoms with Crippen LogP contribution in [0.1, 0.15) is 17.5 Å². The second-order valence-electron chi connectivity index (χ2n) is 9.93. The Morgan fingerprint density at radius 2 is 1.70 bits per heavy atom. The summed E-state index contributed by atoms with van der Waals surface area (Å²) in [6, 6.07) is 9.82. The van der Waals surface area contributed by atoms with Gasteiger partial charge in [0.2, 0.25) is 5.91 Å². The topological polar surface area (TPSA) is 121 Å². The van der Waals surface area contributed by atoms with Crippen LogP contribution in [-0.4, -0.2) is 68.6 Å². The summed E-state index contributed by atoms with van der Waals surface area (Å²) in [5, 5.41) is 8.75. The molecule has 1 aliphatic heterocycles. The number of nitrogens with zero attached hydrogens (tertiary/aromatic N) is 3. The lowest BCUT2D eigenvalue weighted by molar-refractivity contribution is -0.111. The highest BCUT2D eigenvalue weighted by Gasteiger charge is 2.24. The number of carbonyl (C=O) groups is 2. The maximum Gasteiger partial charge on any atom is 0.291 e. The molecule has 1 fully saturated rings. The molecule has 1 saturated heterocycles. The van der Waals surface area contributed by atoms with Gasteiger partial charge in [-0.25, -0.2) is 13.8 Å². The Morgan fingerprint density at radius 3 is 2.34 bits per heavy atom. The van der Waals surface area contributed by atoms with Gasteiger partial charge in [-0.15, -0.1) is 0 Å². The number of nitrogens with one attached hydrogen (secondary N) is 3. The van der Waals surface area contributed by atoms with Crippen LogP contribution in [0, 0.1) is 11.6 Å². The summed E-state index contributed by atoms with van der Waals surface area (Å²) in [6.45, 7) is 10.3. The Bertz CT molecular complexity index is 1690. The van der Waals surface area contributed by atoms with Gasteiger partial charge in [0.1, 0.15) is 11.5 Å². The van der Waals surface area contributed by atoms with Gasteiger partial charge in [0.15, 0.2) is 34.5 Å². The van der Waals surface area contributed by atoms with Crippen LogP contribution in [0.15, 0.2) is 59.7 Å². The molecule has 0 unspecified atom stereocenters. The molecule has 0 saturated carbocycles. The molecule has 2 aromatic carbocycles. The first-order valence-corrected chi connectivity index (χ1v) is 13.9. The third-order valence-corrected chi connectivity index (χ3v) is 7.33. The summed E-state index contributed by atoms with van der Waals surface area (Å²) in [5.41, 5.74) is 1.63. The van der Waals surface area contributed by atoms with E-state index in [1.807, 2.05) is 18.2 Å². The van der Waals surface area contributed by atoms with Crippen molar-refractivity contribution in [3.05, 3.63) is 72.6 Å². The number of aromatic nitrogens is 1. The highest BCUT2D eigenvalue weighted by Crippen LogP contribution is 2.36. The van der Waals surface area contributed by atoms with Gasteiger partial charge in [-0.2, -0.15) is 0 Å². The highest BCUT2D eigenvalue weighted by atomic mass is 19.1. The number of ether oxygens (including phenoxy) is 2. The maximum absolute atomic E-state index is 14.8. The van der Waals surface area contributed by atoms with E-state index >= 15 is 0 Å². The maximum atomic E-state index is 14.8. The molecule has 3 heterocycles. The van der Waals surface area contributed by atoms with Crippen LogP contribution < -0.4 is 30.3 Å². The Balaban J connectivity index is 1.38. The normalized spacial score (nSPS) is 13.4. The van der Waals surface area contributed by atoms with Gasteiger partial charge in [-0.3, -0.25) is 9.59 Å². The van der Waals surface area contributed by atoms with Crippen molar-refractivity contribution in [2.24, 2.45) is 0 Å². The molecule has 0 atom stereocenters. The predicted molar refractivity (Wildman–Crippen MR) is 164 cm³/mol. The molecule has 1 aliphatic rings. The number of methoxy groups -OCH3 is 2. The van der Waals surface area contributed by atoms with E-state index in [1.165, 1.54) is 32.6 Å². The average molecular weight is 607 g/mol. The minimum Gasteiger partial charge on any atom is -0.493 e. The van der Waals surface area contributed by atoms with Crippen molar-refractivity contribution in [1.82, 2.24) is 9.88 Å². The van der Waals surface area contributed by atoms with Crippen molar-refractivity contribution < 1.29 is 32.3 Å². The SMILES string of the molecule is C=CC(=O)Nc1cc(N2CCN(CC)CC2)ccc1Nc1cc2cc(C(=O)Nc3c(F)c(OC)cc(OC)c3F)oc2cn1. The lowest BCUT2D eigenvalue weighted by atomic mass is 10.2. The van der Waals surface area contributed by atoms with Crippen molar-refractivity contribution in [2.75, 3.05) is 67.8 Å². The van der Waals surface area contributed by atoms with Gasteiger partial charge in [0.05, 0.1) is 31.8 Å². The van der Waals surface area contributed by atoms with Crippen molar-refractivity contribution in [3.8, 4) is 11.5 Å². The monoisotopic (exact) mass is 606 g/mol. The van der Waals surface area contributed by atoms with E-state index in [0.717, 1.165) is 44.5 Å². The number of hydrogen-bond donors (Lipinski definition) is 3. The van der Waals surface area contributed by atoms with E-state index in [4.69, 9.17) is 13.9 Å². The minimum atomic E-state index is -1.10. The third kappa shape index (κ3) is 6.27. The molecule has 0 aliphatic carbocycles. The molecule has 2 aromatic heterocycles. The second kappa shape index (κ2) is 13.0. The van der Waals surface area contributed by atoms with E-state index in [9.17, 15) is 18.4 Å². The summed E-state index contributed by atoms with van der Waals surface area (Å²) < 4.78 is 45.0. The number of amides is 2. The first-order valence-electron chi connectivity index (χ1n) is 13.9. The van der Waals surface area contributed by atoms with Crippen LogP contribution in [0.3, 0.4) is 0 Å². The van der Waals surface area contributed by atoms with Gasteiger partial charge in [-0.05, 0) is 43.0 Å². The summed E-state index contributed by atoms with van der Waals surface area (Å²) in [4.78, 5) is 34.2. The molecule has 44 heavy (non-hydrogen) atoms. The van der Waals surface area contributed by atoms with Crippen molar-refractivity contribution in [3.63, 3.8) is 0 Å². The number of hydrogen-bond acceptors (Lipinski definition) is 9. The zero-order valence-corrected chi connectivity index (χ0v) is 24.5. The molecule has 13 heteroatoms. The number of halogens is 2. The lowest BCUT2D eigenvalue weighted by Gasteiger charge is -2.35. The largest absolute Gasteiger partial charge is 0.493 e. The zero-order chi connectivity index (χ0) is 31.4. The fourth-order valence-electron chi connectivity index (χ4n) is 4.88. The fourth-order valence-corrected chi connectivity index (χ4v) is 4.88. The second-order valence-corrected chi connectivity index (χ2v) is 9.93. The van der Waals surface area contributed by atoms with Crippen LogP contribution >= 0.6 is 0 Å². The number of carbonyl (C=O) groups excluding carboxylic acids is 2. The Labute approximate surface area is 252 Å². The number of rotatable bonds is 10. The number of anilines is 5. The van der Waals surface area contributed by atoms with E-state index in [0.29, 0.717) is 22.6 Å². The van der Waals surface area contributed by atoms with Crippen LogP contribution in [-0.2, 0) is 4.79 Å². The quantitative estimate of drug-likeness (QED) is 0.204. The first-order chi connectivity index (χ1) is 21.2. The van der Waals surface area contributed by atoms with Crippen molar-refractivity contribution in [1.29, 1.82) is 0 Å². The van der Waals surface area contributed by atoms with Crippen molar-refractivity contribution >= 4 is 51.4 Å². The molecule has 2 amide bonds. The molecular weight excluding hydrogens is 574 g/mol. The number of likely N-dealkylation sites (N-methyl/N-ethyl adjacent to an activating group) is 1. The molecule has 230 valence electrons. The van der Waals surface area contributed by atoms with Crippen LogP contribution in [0.25, 0.3) is 11.0 Å². The highest BCUT2D eigenvalue weighted by molar-refractivity contribution is 6.05. The van der Waals surface area contributed by atoms with Gasteiger partial charge in [0, 0.05) is 43.3 Å². The predicted octanol–water partition coefficient (Wildman–Crippen LogP) is 5.39. The molecule has 5 rings (SSSR count). The molecule has 0 spiro atoms. The lowest BCUT2D eigenvalue weighted by Crippen LogP contribution is -2.46. The van der Waals surface area contributed by atoms with Gasteiger partial charge in [-0.1, -0.05) is 13.5 Å². The molecule has 3 N–H and O–H groups in total. The summed E-state index contributed by atoms with van der Waals surface area (Å²) >= 11 is 0. The summed E-state index contributed by atoms with van der Waals surface area (Å²) in [5.74, 6) is -3.87. The van der Waals surface area contributed by atoms with Gasteiger partial charge >= 0.3 is 0 Å². The van der Waals surface area contributed by atoms with Crippen LogP contribution in [0.2, 0.25) is 0 Å². The summed E-state index contributed by atoms with van der Waals surface area (Å²) in [7, 11) is 2.41. The van der Waals surface area contributed by atoms with Crippen molar-refractivity contribution in [2.45, 2.75) is 6.92 Å². The number of benzene rings is 2. The minimum absolute atomic E-state index is 0.203. The van der Waals surface area contributed by atoms with Gasteiger partial charge in [0.25, 0.3) is 5.91 Å². The zero-order valence-electron chi connectivity index (χ0n) is 24.5.